The summed E-state index contributed by atoms with van der Waals surface area (Å²) in [4.78, 5) is 2.52. The van der Waals surface area contributed by atoms with Gasteiger partial charge in [0.1, 0.15) is 0 Å². The third kappa shape index (κ3) is 7.58. The van der Waals surface area contributed by atoms with Gasteiger partial charge in [0.25, 0.3) is 0 Å². The first kappa shape index (κ1) is 50.5. The molecule has 10 aromatic rings. The van der Waals surface area contributed by atoms with Crippen LogP contribution in [0.15, 0.2) is 158 Å². The minimum atomic E-state index is -0.142. The summed E-state index contributed by atoms with van der Waals surface area (Å²) in [5.74, 6) is 0. The van der Waals surface area contributed by atoms with E-state index in [9.17, 15) is 0 Å². The molecular weight excluding hydrogens is 942 g/mol. The van der Waals surface area contributed by atoms with E-state index < -0.39 is 0 Å². The molecule has 2 aromatic heterocycles. The minimum absolute atomic E-state index is 0.0108. The third-order valence-electron chi connectivity index (χ3n) is 18.6. The number of fused-ring (bicyclic) bond motifs is 8. The van der Waals surface area contributed by atoms with Gasteiger partial charge < -0.3 is 13.9 Å². The van der Waals surface area contributed by atoms with E-state index in [2.05, 4.69) is 282 Å². The van der Waals surface area contributed by atoms with Crippen LogP contribution in [-0.2, 0) is 32.5 Å². The van der Waals surface area contributed by atoms with Crippen LogP contribution in [0.4, 0.5) is 17.1 Å². The van der Waals surface area contributed by atoms with Crippen molar-refractivity contribution in [1.29, 1.82) is 0 Å². The Labute approximate surface area is 465 Å². The molecule has 0 saturated heterocycles. The Balaban J connectivity index is 1.26. The first-order valence-corrected chi connectivity index (χ1v) is 28.9. The highest BCUT2D eigenvalue weighted by molar-refractivity contribution is 6.90. The molecule has 4 heteroatoms. The second-order valence-electron chi connectivity index (χ2n) is 28.9. The Morgan fingerprint density at radius 2 is 0.962 bits per heavy atom. The molecule has 13 rings (SSSR count). The van der Waals surface area contributed by atoms with Crippen molar-refractivity contribution in [2.75, 3.05) is 4.90 Å². The van der Waals surface area contributed by atoms with E-state index in [-0.39, 0.29) is 39.3 Å². The molecule has 0 radical (unpaired) electrons. The van der Waals surface area contributed by atoms with Crippen molar-refractivity contribution in [3.8, 4) is 39.2 Å². The number of anilines is 3. The van der Waals surface area contributed by atoms with Crippen LogP contribution in [0.25, 0.3) is 71.9 Å². The van der Waals surface area contributed by atoms with Gasteiger partial charge in [-0.25, -0.2) is 0 Å². The van der Waals surface area contributed by atoms with Crippen molar-refractivity contribution in [3.63, 3.8) is 0 Å². The predicted octanol–water partition coefficient (Wildman–Crippen LogP) is 19.0. The molecule has 0 spiro atoms. The predicted molar refractivity (Wildman–Crippen MR) is 338 cm³/mol. The van der Waals surface area contributed by atoms with Crippen LogP contribution in [0, 0.1) is 0 Å². The van der Waals surface area contributed by atoms with Crippen molar-refractivity contribution in [2.45, 2.75) is 156 Å². The van der Waals surface area contributed by atoms with Gasteiger partial charge in [0.05, 0.1) is 16.7 Å². The molecule has 3 aliphatic rings. The van der Waals surface area contributed by atoms with Gasteiger partial charge in [-0.3, -0.25) is 0 Å². The Morgan fingerprint density at radius 3 is 1.50 bits per heavy atom. The Kier molecular flexibility index (Phi) is 10.8. The van der Waals surface area contributed by atoms with E-state index in [1.54, 1.807) is 0 Å². The van der Waals surface area contributed by atoms with Crippen LogP contribution in [-0.4, -0.2) is 15.9 Å². The topological polar surface area (TPSA) is 13.1 Å². The molecule has 0 atom stereocenters. The highest BCUT2D eigenvalue weighted by Crippen LogP contribution is 2.54. The normalized spacial score (nSPS) is 15.5. The van der Waals surface area contributed by atoms with Crippen LogP contribution in [0.1, 0.15) is 157 Å². The summed E-state index contributed by atoms with van der Waals surface area (Å²) in [5, 5.41) is 3.94. The molecule has 0 saturated carbocycles. The molecule has 392 valence electrons. The van der Waals surface area contributed by atoms with Crippen LogP contribution in [0.2, 0.25) is 0 Å². The number of hydrogen-bond acceptors (Lipinski definition) is 1. The number of rotatable bonds is 5. The fourth-order valence-electron chi connectivity index (χ4n) is 13.8. The molecule has 2 aliphatic heterocycles. The second kappa shape index (κ2) is 16.7. The molecule has 0 fully saturated rings. The Bertz CT molecular complexity index is 4040. The maximum atomic E-state index is 2.83. The molecule has 0 bridgehead atoms. The van der Waals surface area contributed by atoms with Crippen LogP contribution >= 0.6 is 0 Å². The van der Waals surface area contributed by atoms with E-state index >= 15 is 0 Å². The van der Waals surface area contributed by atoms with Crippen molar-refractivity contribution in [2.24, 2.45) is 0 Å². The molecule has 0 unspecified atom stereocenters. The maximum absolute atomic E-state index is 2.83. The van der Waals surface area contributed by atoms with Gasteiger partial charge in [-0.2, -0.15) is 0 Å². The zero-order chi connectivity index (χ0) is 55.0. The summed E-state index contributed by atoms with van der Waals surface area (Å²) in [7, 11) is 0. The quantitative estimate of drug-likeness (QED) is 0.157. The van der Waals surface area contributed by atoms with Gasteiger partial charge in [0, 0.05) is 55.6 Å². The summed E-state index contributed by atoms with van der Waals surface area (Å²) in [5.41, 5.74) is 27.3. The number of aromatic nitrogens is 2. The zero-order valence-corrected chi connectivity index (χ0v) is 49.3. The number of para-hydroxylation sites is 2. The van der Waals surface area contributed by atoms with Gasteiger partial charge in [-0.05, 0) is 167 Å². The molecule has 4 heterocycles. The fourth-order valence-corrected chi connectivity index (χ4v) is 13.8. The monoisotopic (exact) mass is 1020 g/mol. The van der Waals surface area contributed by atoms with Crippen molar-refractivity contribution >= 4 is 67.5 Å². The molecule has 78 heavy (non-hydrogen) atoms. The molecule has 1 aliphatic carbocycles. The fraction of sp³-hybridized carbons (Fsp3) is 0.324. The van der Waals surface area contributed by atoms with E-state index in [0.29, 0.717) is 0 Å². The smallest absolute Gasteiger partial charge is 0.333 e. The lowest BCUT2D eigenvalue weighted by Gasteiger charge is -2.42. The molecule has 0 N–H and O–H groups in total. The lowest BCUT2D eigenvalue weighted by Crippen LogP contribution is -2.55. The highest BCUT2D eigenvalue weighted by Gasteiger charge is 2.46. The van der Waals surface area contributed by atoms with E-state index in [1.165, 1.54) is 122 Å². The third-order valence-corrected chi connectivity index (χ3v) is 18.6. The number of hydrogen-bond donors (Lipinski definition) is 0. The largest absolute Gasteiger partial charge is 0.375 e. The lowest BCUT2D eigenvalue weighted by molar-refractivity contribution is 0.332. The average Bonchev–Trinajstić information content (AvgIpc) is 2.84. The van der Waals surface area contributed by atoms with Crippen LogP contribution < -0.4 is 15.8 Å². The Morgan fingerprint density at radius 1 is 0.462 bits per heavy atom. The van der Waals surface area contributed by atoms with Crippen LogP contribution in [0.5, 0.6) is 0 Å². The molecule has 3 nitrogen and oxygen atoms in total. The summed E-state index contributed by atoms with van der Waals surface area (Å²) in [6, 6.07) is 62.0. The van der Waals surface area contributed by atoms with E-state index in [4.69, 9.17) is 0 Å². The van der Waals surface area contributed by atoms with E-state index in [0.717, 1.165) is 24.2 Å². The average molecular weight is 1020 g/mol. The molecule has 8 aromatic carbocycles. The first-order valence-electron chi connectivity index (χ1n) is 28.9. The van der Waals surface area contributed by atoms with E-state index in [1.807, 2.05) is 0 Å². The second-order valence-corrected chi connectivity index (χ2v) is 28.9. The summed E-state index contributed by atoms with van der Waals surface area (Å²) in [6.45, 7) is 38.1. The summed E-state index contributed by atoms with van der Waals surface area (Å²) in [6.07, 6.45) is 2.30. The standard InChI is InChI=1S/C74H78BN3/c1-69(2,3)47-31-27-45(28-32-47)63-56-41-49(71(7,8)9)40-54-53-39-50(72(10,11)12)42-62-65(53)75(78(67(54)56)66(63)46-29-33-48(34-30-46)70(4,5)6)59-35-36-60(76(51-23-19-17-20-24-51)52-25-21-18-22-26-52)64-55-43-57-58(44-61(55)77(62)68(59)64)74(15,16)38-37-73(57,13)14/h17-36,39-44H,37-38H2,1-16H3. The van der Waals surface area contributed by atoms with Gasteiger partial charge >= 0.3 is 6.85 Å². The number of benzene rings is 8. The Hall–Kier alpha value is -7.04. The van der Waals surface area contributed by atoms with Crippen molar-refractivity contribution in [3.05, 3.63) is 191 Å². The number of nitrogens with zero attached hydrogens (tertiary/aromatic N) is 3. The summed E-state index contributed by atoms with van der Waals surface area (Å²) >= 11 is 0. The van der Waals surface area contributed by atoms with Crippen LogP contribution in [0.3, 0.4) is 0 Å². The zero-order valence-electron chi connectivity index (χ0n) is 49.3. The molecule has 0 amide bonds. The SMILES string of the molecule is CC(C)(C)c1ccc(-c2c(-c3ccc(C(C)(C)C)cc3)n3c4c(cc(C(C)(C)C)cc24)-c2cc(C(C)(C)C)cc4c2B3c2ccc(N(c3ccccc3)c3ccccc3)c3c5cc6c(cc5n-4c23)C(C)(C)CCC6(C)C)cc1. The van der Waals surface area contributed by atoms with Gasteiger partial charge in [-0.1, -0.05) is 208 Å². The van der Waals surface area contributed by atoms with Gasteiger partial charge in [0.2, 0.25) is 0 Å². The van der Waals surface area contributed by atoms with Crippen molar-refractivity contribution in [1.82, 2.24) is 9.05 Å². The highest BCUT2D eigenvalue weighted by atomic mass is 15.1. The van der Waals surface area contributed by atoms with Gasteiger partial charge in [-0.15, -0.1) is 0 Å². The summed E-state index contributed by atoms with van der Waals surface area (Å²) < 4.78 is 5.58. The van der Waals surface area contributed by atoms with Crippen molar-refractivity contribution < 1.29 is 0 Å². The maximum Gasteiger partial charge on any atom is 0.333 e. The van der Waals surface area contributed by atoms with Gasteiger partial charge in [0.15, 0.2) is 0 Å². The molecular formula is C74H78BN3. The first-order chi connectivity index (χ1) is 36.7. The lowest BCUT2D eigenvalue weighted by atomic mass is 9.45. The minimum Gasteiger partial charge on any atom is -0.375 e.